The molecular weight excluding hydrogens is 218 g/mol. The first kappa shape index (κ1) is 10.7. The van der Waals surface area contributed by atoms with Gasteiger partial charge in [-0.1, -0.05) is 0 Å². The van der Waals surface area contributed by atoms with Crippen molar-refractivity contribution in [3.05, 3.63) is 16.1 Å². The maximum atomic E-state index is 5.72. The first-order valence-corrected chi connectivity index (χ1v) is 7.09. The second kappa shape index (κ2) is 4.43. The Hall–Kier alpha value is -0.450. The standard InChI is InChI=1S/C12H19N3S/c13-5-9-3-4-15(6-9)7-11-12(10-1-2-10)14-8-16-11/h8-10H,1-7,13H2. The lowest BCUT2D eigenvalue weighted by Gasteiger charge is -2.15. The normalized spacial score (nSPS) is 26.4. The highest BCUT2D eigenvalue weighted by molar-refractivity contribution is 7.09. The van der Waals surface area contributed by atoms with Gasteiger partial charge in [-0.2, -0.15) is 0 Å². The number of nitrogens with zero attached hydrogens (tertiary/aromatic N) is 2. The van der Waals surface area contributed by atoms with Crippen molar-refractivity contribution in [1.29, 1.82) is 0 Å². The van der Waals surface area contributed by atoms with Gasteiger partial charge in [0, 0.05) is 23.9 Å². The molecule has 2 heterocycles. The van der Waals surface area contributed by atoms with Crippen molar-refractivity contribution < 1.29 is 0 Å². The van der Waals surface area contributed by atoms with Crippen LogP contribution in [0.4, 0.5) is 0 Å². The molecule has 1 aromatic heterocycles. The summed E-state index contributed by atoms with van der Waals surface area (Å²) in [6, 6.07) is 0. The Kier molecular flexibility index (Phi) is 2.96. The number of nitrogens with two attached hydrogens (primary N) is 1. The minimum absolute atomic E-state index is 0.720. The predicted molar refractivity (Wildman–Crippen MR) is 66.5 cm³/mol. The summed E-state index contributed by atoms with van der Waals surface area (Å²) in [6.07, 6.45) is 3.97. The highest BCUT2D eigenvalue weighted by atomic mass is 32.1. The van der Waals surface area contributed by atoms with E-state index in [1.54, 1.807) is 0 Å². The predicted octanol–water partition coefficient (Wildman–Crippen LogP) is 1.80. The quantitative estimate of drug-likeness (QED) is 0.868. The van der Waals surface area contributed by atoms with E-state index < -0.39 is 0 Å². The fourth-order valence-corrected chi connectivity index (χ4v) is 3.43. The van der Waals surface area contributed by atoms with E-state index in [1.807, 2.05) is 16.8 Å². The molecule has 0 amide bonds. The number of thiazole rings is 1. The van der Waals surface area contributed by atoms with Crippen molar-refractivity contribution in [2.24, 2.45) is 11.7 Å². The maximum absolute atomic E-state index is 5.72. The summed E-state index contributed by atoms with van der Waals surface area (Å²) in [5.41, 5.74) is 9.12. The van der Waals surface area contributed by atoms with Gasteiger partial charge in [-0.25, -0.2) is 4.98 Å². The molecule has 3 nitrogen and oxygen atoms in total. The van der Waals surface area contributed by atoms with Gasteiger partial charge in [-0.15, -0.1) is 11.3 Å². The molecule has 1 saturated carbocycles. The van der Waals surface area contributed by atoms with Crippen LogP contribution in [0.1, 0.15) is 35.8 Å². The molecule has 1 aliphatic heterocycles. The van der Waals surface area contributed by atoms with E-state index in [-0.39, 0.29) is 0 Å². The Bertz CT molecular complexity index is 359. The van der Waals surface area contributed by atoms with Crippen molar-refractivity contribution >= 4 is 11.3 Å². The number of aromatic nitrogens is 1. The highest BCUT2D eigenvalue weighted by Crippen LogP contribution is 2.42. The molecule has 1 unspecified atom stereocenters. The van der Waals surface area contributed by atoms with Crippen LogP contribution in [0.15, 0.2) is 5.51 Å². The van der Waals surface area contributed by atoms with Crippen molar-refractivity contribution in [3.8, 4) is 0 Å². The van der Waals surface area contributed by atoms with Gasteiger partial charge in [0.1, 0.15) is 0 Å². The SMILES string of the molecule is NCC1CCN(Cc2scnc2C2CC2)C1. The number of rotatable bonds is 4. The largest absolute Gasteiger partial charge is 0.330 e. The number of likely N-dealkylation sites (tertiary alicyclic amines) is 1. The molecule has 2 N–H and O–H groups in total. The lowest BCUT2D eigenvalue weighted by atomic mass is 10.1. The maximum Gasteiger partial charge on any atom is 0.0798 e. The number of hydrogen-bond acceptors (Lipinski definition) is 4. The van der Waals surface area contributed by atoms with E-state index >= 15 is 0 Å². The van der Waals surface area contributed by atoms with Gasteiger partial charge in [0.05, 0.1) is 11.2 Å². The Morgan fingerprint density at radius 3 is 3.00 bits per heavy atom. The van der Waals surface area contributed by atoms with Crippen LogP contribution < -0.4 is 5.73 Å². The van der Waals surface area contributed by atoms with E-state index in [9.17, 15) is 0 Å². The van der Waals surface area contributed by atoms with Crippen LogP contribution in [-0.2, 0) is 6.54 Å². The fourth-order valence-electron chi connectivity index (χ4n) is 2.54. The Morgan fingerprint density at radius 1 is 1.44 bits per heavy atom. The molecular formula is C12H19N3S. The van der Waals surface area contributed by atoms with E-state index in [1.165, 1.54) is 42.9 Å². The van der Waals surface area contributed by atoms with Gasteiger partial charge >= 0.3 is 0 Å². The van der Waals surface area contributed by atoms with E-state index in [4.69, 9.17) is 5.73 Å². The third kappa shape index (κ3) is 2.14. The molecule has 3 rings (SSSR count). The third-order valence-electron chi connectivity index (χ3n) is 3.71. The smallest absolute Gasteiger partial charge is 0.0798 e. The summed E-state index contributed by atoms with van der Waals surface area (Å²) in [4.78, 5) is 8.57. The van der Waals surface area contributed by atoms with Gasteiger partial charge in [0.15, 0.2) is 0 Å². The van der Waals surface area contributed by atoms with Crippen molar-refractivity contribution in [1.82, 2.24) is 9.88 Å². The monoisotopic (exact) mass is 237 g/mol. The third-order valence-corrected chi connectivity index (χ3v) is 4.54. The van der Waals surface area contributed by atoms with E-state index in [2.05, 4.69) is 9.88 Å². The average molecular weight is 237 g/mol. The molecule has 0 radical (unpaired) electrons. The number of hydrogen-bond donors (Lipinski definition) is 1. The zero-order valence-electron chi connectivity index (χ0n) is 9.56. The first-order valence-electron chi connectivity index (χ1n) is 6.21. The molecule has 88 valence electrons. The van der Waals surface area contributed by atoms with Gasteiger partial charge in [0.25, 0.3) is 0 Å². The van der Waals surface area contributed by atoms with Crippen LogP contribution in [0.2, 0.25) is 0 Å². The molecule has 1 aromatic rings. The molecule has 16 heavy (non-hydrogen) atoms. The second-order valence-electron chi connectivity index (χ2n) is 5.06. The van der Waals surface area contributed by atoms with E-state index in [0.717, 1.165) is 24.9 Å². The van der Waals surface area contributed by atoms with Crippen molar-refractivity contribution in [2.45, 2.75) is 31.7 Å². The lowest BCUT2D eigenvalue weighted by molar-refractivity contribution is 0.319. The minimum Gasteiger partial charge on any atom is -0.330 e. The van der Waals surface area contributed by atoms with Crippen molar-refractivity contribution in [2.75, 3.05) is 19.6 Å². The molecule has 2 aliphatic rings. The molecule has 0 aromatic carbocycles. The van der Waals surface area contributed by atoms with Gasteiger partial charge in [-0.3, -0.25) is 4.90 Å². The summed E-state index contributed by atoms with van der Waals surface area (Å²) in [5.74, 6) is 1.51. The molecule has 4 heteroatoms. The van der Waals surface area contributed by atoms with Crippen LogP contribution >= 0.6 is 11.3 Å². The topological polar surface area (TPSA) is 42.1 Å². The van der Waals surface area contributed by atoms with Gasteiger partial charge in [-0.05, 0) is 38.3 Å². The molecule has 1 atom stereocenters. The summed E-state index contributed by atoms with van der Waals surface area (Å²) in [7, 11) is 0. The highest BCUT2D eigenvalue weighted by Gasteiger charge is 2.30. The summed E-state index contributed by atoms with van der Waals surface area (Å²) in [5, 5.41) is 0. The Morgan fingerprint density at radius 2 is 2.31 bits per heavy atom. The molecule has 0 spiro atoms. The summed E-state index contributed by atoms with van der Waals surface area (Å²) in [6.45, 7) is 4.34. The van der Waals surface area contributed by atoms with Crippen LogP contribution in [0.5, 0.6) is 0 Å². The molecule has 0 bridgehead atoms. The average Bonchev–Trinajstić information content (AvgIpc) is 2.88. The van der Waals surface area contributed by atoms with Gasteiger partial charge < -0.3 is 5.73 Å². The second-order valence-corrected chi connectivity index (χ2v) is 6.00. The zero-order valence-corrected chi connectivity index (χ0v) is 10.4. The van der Waals surface area contributed by atoms with Crippen LogP contribution in [0.25, 0.3) is 0 Å². The minimum atomic E-state index is 0.720. The Labute approximate surface area is 101 Å². The molecule has 1 saturated heterocycles. The van der Waals surface area contributed by atoms with Crippen LogP contribution in [-0.4, -0.2) is 29.5 Å². The Balaban J connectivity index is 1.63. The summed E-state index contributed by atoms with van der Waals surface area (Å²) < 4.78 is 0. The molecule has 1 aliphatic carbocycles. The summed E-state index contributed by atoms with van der Waals surface area (Å²) >= 11 is 1.83. The van der Waals surface area contributed by atoms with Gasteiger partial charge in [0.2, 0.25) is 0 Å². The lowest BCUT2D eigenvalue weighted by Crippen LogP contribution is -2.22. The first-order chi connectivity index (χ1) is 7.86. The van der Waals surface area contributed by atoms with E-state index in [0.29, 0.717) is 0 Å². The fraction of sp³-hybridized carbons (Fsp3) is 0.750. The van der Waals surface area contributed by atoms with Crippen molar-refractivity contribution in [3.63, 3.8) is 0 Å². The zero-order chi connectivity index (χ0) is 11.0. The van der Waals surface area contributed by atoms with Crippen LogP contribution in [0.3, 0.4) is 0 Å². The van der Waals surface area contributed by atoms with Crippen LogP contribution in [0, 0.1) is 5.92 Å². The molecule has 2 fully saturated rings.